The zero-order valence-corrected chi connectivity index (χ0v) is 14.2. The van der Waals surface area contributed by atoms with Gasteiger partial charge in [-0.3, -0.25) is 4.72 Å². The topological polar surface area (TPSA) is 67.4 Å². The molecule has 5 nitrogen and oxygen atoms in total. The first-order chi connectivity index (χ1) is 9.46. The Morgan fingerprint density at radius 1 is 1.25 bits per heavy atom. The summed E-state index contributed by atoms with van der Waals surface area (Å²) < 4.78 is 32.3. The lowest BCUT2D eigenvalue weighted by molar-refractivity contribution is 0.415. The number of rotatable bonds is 9. The monoisotopic (exact) mass is 364 g/mol. The van der Waals surface area contributed by atoms with E-state index in [0.29, 0.717) is 24.4 Å². The van der Waals surface area contributed by atoms with E-state index >= 15 is 0 Å². The summed E-state index contributed by atoms with van der Waals surface area (Å²) in [4.78, 5) is 0. The quantitative estimate of drug-likeness (QED) is 0.660. The van der Waals surface area contributed by atoms with Gasteiger partial charge in [0.25, 0.3) is 0 Å². The molecule has 0 aromatic heterocycles. The van der Waals surface area contributed by atoms with Crippen LogP contribution in [0.2, 0.25) is 0 Å². The van der Waals surface area contributed by atoms with Crippen LogP contribution in [0.3, 0.4) is 0 Å². The van der Waals surface area contributed by atoms with E-state index in [1.165, 1.54) is 0 Å². The van der Waals surface area contributed by atoms with Crippen LogP contribution in [-0.2, 0) is 10.0 Å². The molecule has 0 fully saturated rings. The number of nitrogens with one attached hydrogen (secondary N) is 2. The maximum Gasteiger partial charge on any atom is 0.232 e. The normalized spacial score (nSPS) is 11.3. The summed E-state index contributed by atoms with van der Waals surface area (Å²) in [6, 6.07) is 5.12. The van der Waals surface area contributed by atoms with E-state index in [1.807, 2.05) is 0 Å². The molecule has 0 saturated carbocycles. The molecule has 0 radical (unpaired) electrons. The molecule has 1 rings (SSSR count). The molecule has 0 bridgehead atoms. The lowest BCUT2D eigenvalue weighted by Gasteiger charge is -2.10. The van der Waals surface area contributed by atoms with Gasteiger partial charge in [0.1, 0.15) is 5.75 Å². The molecule has 114 valence electrons. The molecule has 20 heavy (non-hydrogen) atoms. The Bertz CT molecular complexity index is 520. The SMILES string of the molecule is CCCNCCCS(=O)(=O)Nc1cc(Br)cc(OC)c1. The van der Waals surface area contributed by atoms with Gasteiger partial charge in [-0.15, -0.1) is 0 Å². The van der Waals surface area contributed by atoms with E-state index in [4.69, 9.17) is 4.74 Å². The second-order valence-electron chi connectivity index (χ2n) is 4.40. The van der Waals surface area contributed by atoms with Crippen molar-refractivity contribution in [3.63, 3.8) is 0 Å². The van der Waals surface area contributed by atoms with Crippen LogP contribution in [0.4, 0.5) is 5.69 Å². The molecule has 1 aromatic rings. The largest absolute Gasteiger partial charge is 0.497 e. The highest BCUT2D eigenvalue weighted by Crippen LogP contribution is 2.25. The van der Waals surface area contributed by atoms with Crippen molar-refractivity contribution in [3.05, 3.63) is 22.7 Å². The third kappa shape index (κ3) is 6.58. The average molecular weight is 365 g/mol. The first-order valence-electron chi connectivity index (χ1n) is 6.52. The van der Waals surface area contributed by atoms with Crippen LogP contribution in [0.5, 0.6) is 5.75 Å². The van der Waals surface area contributed by atoms with Gasteiger partial charge in [-0.1, -0.05) is 22.9 Å². The van der Waals surface area contributed by atoms with E-state index in [2.05, 4.69) is 32.9 Å². The number of sulfonamides is 1. The van der Waals surface area contributed by atoms with Gasteiger partial charge in [-0.2, -0.15) is 0 Å². The molecule has 0 aliphatic carbocycles. The summed E-state index contributed by atoms with van der Waals surface area (Å²) in [5.41, 5.74) is 0.498. The standard InChI is InChI=1S/C13H21BrN2O3S/c1-3-5-15-6-4-7-20(17,18)16-12-8-11(14)9-13(10-12)19-2/h8-10,15-16H,3-7H2,1-2H3. The van der Waals surface area contributed by atoms with Gasteiger partial charge in [0.2, 0.25) is 10.0 Å². The number of methoxy groups -OCH3 is 1. The van der Waals surface area contributed by atoms with Crippen LogP contribution in [0.15, 0.2) is 22.7 Å². The lowest BCUT2D eigenvalue weighted by Crippen LogP contribution is -2.22. The first kappa shape index (κ1) is 17.3. The van der Waals surface area contributed by atoms with Gasteiger partial charge >= 0.3 is 0 Å². The lowest BCUT2D eigenvalue weighted by atomic mass is 10.3. The smallest absolute Gasteiger partial charge is 0.232 e. The molecule has 0 heterocycles. The highest BCUT2D eigenvalue weighted by Gasteiger charge is 2.11. The van der Waals surface area contributed by atoms with Crippen molar-refractivity contribution >= 4 is 31.6 Å². The number of ether oxygens (including phenoxy) is 1. The zero-order valence-electron chi connectivity index (χ0n) is 11.8. The third-order valence-electron chi connectivity index (χ3n) is 2.57. The van der Waals surface area contributed by atoms with Crippen molar-refractivity contribution < 1.29 is 13.2 Å². The van der Waals surface area contributed by atoms with Gasteiger partial charge in [0, 0.05) is 10.5 Å². The van der Waals surface area contributed by atoms with Gasteiger partial charge in [0.15, 0.2) is 0 Å². The van der Waals surface area contributed by atoms with E-state index in [0.717, 1.165) is 17.4 Å². The van der Waals surface area contributed by atoms with Crippen LogP contribution >= 0.6 is 15.9 Å². The molecular formula is C13H21BrN2O3S. The fourth-order valence-electron chi connectivity index (χ4n) is 1.66. The van der Waals surface area contributed by atoms with E-state index < -0.39 is 10.0 Å². The van der Waals surface area contributed by atoms with Crippen LogP contribution in [0, 0.1) is 0 Å². The second-order valence-corrected chi connectivity index (χ2v) is 7.16. The summed E-state index contributed by atoms with van der Waals surface area (Å²) in [6.45, 7) is 3.69. The van der Waals surface area contributed by atoms with Crippen molar-refractivity contribution in [3.8, 4) is 5.75 Å². The number of benzene rings is 1. The molecule has 7 heteroatoms. The molecule has 0 aliphatic heterocycles. The summed E-state index contributed by atoms with van der Waals surface area (Å²) >= 11 is 3.32. The summed E-state index contributed by atoms with van der Waals surface area (Å²) in [5.74, 6) is 0.695. The van der Waals surface area contributed by atoms with Gasteiger partial charge in [-0.25, -0.2) is 8.42 Å². The predicted molar refractivity (Wildman–Crippen MR) is 85.9 cm³/mol. The molecule has 0 saturated heterocycles. The Balaban J connectivity index is 2.55. The van der Waals surface area contributed by atoms with Crippen molar-refractivity contribution in [1.82, 2.24) is 5.32 Å². The highest BCUT2D eigenvalue weighted by molar-refractivity contribution is 9.10. The Morgan fingerprint density at radius 2 is 2.00 bits per heavy atom. The highest BCUT2D eigenvalue weighted by atomic mass is 79.9. The molecule has 0 amide bonds. The minimum absolute atomic E-state index is 0.0958. The Morgan fingerprint density at radius 3 is 2.65 bits per heavy atom. The van der Waals surface area contributed by atoms with Crippen molar-refractivity contribution in [2.24, 2.45) is 0 Å². The summed E-state index contributed by atoms with van der Waals surface area (Å²) in [6.07, 6.45) is 1.63. The number of halogens is 1. The maximum absolute atomic E-state index is 11.9. The average Bonchev–Trinajstić information content (AvgIpc) is 2.37. The van der Waals surface area contributed by atoms with Crippen molar-refractivity contribution in [1.29, 1.82) is 0 Å². The molecule has 1 aromatic carbocycles. The van der Waals surface area contributed by atoms with Gasteiger partial charge in [0.05, 0.1) is 18.6 Å². The predicted octanol–water partition coefficient (Wildman–Crippen LogP) is 2.59. The molecule has 0 aliphatic rings. The zero-order chi connectivity index (χ0) is 15.0. The molecular weight excluding hydrogens is 344 g/mol. The Kier molecular flexibility index (Phi) is 7.32. The minimum atomic E-state index is -3.33. The van der Waals surface area contributed by atoms with E-state index in [-0.39, 0.29) is 5.75 Å². The fraction of sp³-hybridized carbons (Fsp3) is 0.538. The number of hydrogen-bond acceptors (Lipinski definition) is 4. The van der Waals surface area contributed by atoms with Crippen LogP contribution in [-0.4, -0.2) is 34.4 Å². The van der Waals surface area contributed by atoms with Crippen molar-refractivity contribution in [2.45, 2.75) is 19.8 Å². The minimum Gasteiger partial charge on any atom is -0.497 e. The van der Waals surface area contributed by atoms with Crippen LogP contribution in [0.25, 0.3) is 0 Å². The first-order valence-corrected chi connectivity index (χ1v) is 8.97. The van der Waals surface area contributed by atoms with Gasteiger partial charge in [-0.05, 0) is 38.1 Å². The van der Waals surface area contributed by atoms with E-state index in [1.54, 1.807) is 25.3 Å². The molecule has 2 N–H and O–H groups in total. The maximum atomic E-state index is 11.9. The fourth-order valence-corrected chi connectivity index (χ4v) is 3.23. The van der Waals surface area contributed by atoms with Crippen molar-refractivity contribution in [2.75, 3.05) is 30.7 Å². The Hall–Kier alpha value is -0.790. The third-order valence-corrected chi connectivity index (χ3v) is 4.40. The van der Waals surface area contributed by atoms with Crippen LogP contribution in [0.1, 0.15) is 19.8 Å². The molecule has 0 atom stereocenters. The summed E-state index contributed by atoms with van der Waals surface area (Å²) in [7, 11) is -1.79. The van der Waals surface area contributed by atoms with Gasteiger partial charge < -0.3 is 10.1 Å². The number of hydrogen-bond donors (Lipinski definition) is 2. The second kappa shape index (κ2) is 8.49. The summed E-state index contributed by atoms with van der Waals surface area (Å²) in [5, 5.41) is 3.18. The van der Waals surface area contributed by atoms with E-state index in [9.17, 15) is 8.42 Å². The Labute approximate surface area is 129 Å². The number of anilines is 1. The molecule has 0 spiro atoms. The van der Waals surface area contributed by atoms with Crippen LogP contribution < -0.4 is 14.8 Å². The molecule has 0 unspecified atom stereocenters.